The lowest BCUT2D eigenvalue weighted by atomic mass is 10.1. The number of anilines is 1. The summed E-state index contributed by atoms with van der Waals surface area (Å²) in [6.07, 6.45) is 0.895. The number of benzene rings is 1. The van der Waals surface area contributed by atoms with Crippen LogP contribution in [0.1, 0.15) is 52.1 Å². The van der Waals surface area contributed by atoms with Crippen LogP contribution in [0.25, 0.3) is 0 Å². The number of aryl methyl sites for hydroxylation is 4. The number of amides is 1. The molecule has 1 aromatic carbocycles. The molecule has 182 valence electrons. The third-order valence-electron chi connectivity index (χ3n) is 6.59. The van der Waals surface area contributed by atoms with Crippen molar-refractivity contribution in [3.05, 3.63) is 64.3 Å². The van der Waals surface area contributed by atoms with Gasteiger partial charge < -0.3 is 14.7 Å². The lowest BCUT2D eigenvalue weighted by Gasteiger charge is -2.41. The van der Waals surface area contributed by atoms with Gasteiger partial charge in [0.1, 0.15) is 5.76 Å². The molecule has 3 aromatic rings. The molecule has 1 fully saturated rings. The van der Waals surface area contributed by atoms with E-state index in [2.05, 4.69) is 63.5 Å². The zero-order valence-electron chi connectivity index (χ0n) is 21.0. The second-order valence-corrected chi connectivity index (χ2v) is 9.44. The van der Waals surface area contributed by atoms with Crippen LogP contribution in [0.3, 0.4) is 0 Å². The first-order chi connectivity index (χ1) is 16.3. The van der Waals surface area contributed by atoms with Gasteiger partial charge >= 0.3 is 0 Å². The van der Waals surface area contributed by atoms with E-state index in [1.165, 1.54) is 11.3 Å². The molecule has 1 aliphatic rings. The fourth-order valence-corrected chi connectivity index (χ4v) is 4.76. The third kappa shape index (κ3) is 5.50. The quantitative estimate of drug-likeness (QED) is 0.514. The highest BCUT2D eigenvalue weighted by atomic mass is 16.5. The minimum Gasteiger partial charge on any atom is -0.366 e. The first-order valence-corrected chi connectivity index (χ1v) is 12.1. The molecule has 2 aromatic heterocycles. The van der Waals surface area contributed by atoms with Gasteiger partial charge in [-0.2, -0.15) is 5.10 Å². The number of hydrogen-bond donors (Lipinski definition) is 1. The summed E-state index contributed by atoms with van der Waals surface area (Å²) in [5.74, 6) is 0.462. The van der Waals surface area contributed by atoms with E-state index in [1.54, 1.807) is 0 Å². The van der Waals surface area contributed by atoms with Crippen molar-refractivity contribution in [2.24, 2.45) is 0 Å². The maximum absolute atomic E-state index is 12.8. The predicted molar refractivity (Wildman–Crippen MR) is 133 cm³/mol. The summed E-state index contributed by atoms with van der Waals surface area (Å²) in [4.78, 5) is 17.8. The first kappa shape index (κ1) is 24.0. The van der Waals surface area contributed by atoms with Crippen LogP contribution >= 0.6 is 0 Å². The molecular weight excluding hydrogens is 428 g/mol. The first-order valence-electron chi connectivity index (χ1n) is 12.1. The number of nitrogens with zero attached hydrogens (tertiary/aromatic N) is 5. The molecule has 1 atom stereocenters. The molecule has 8 nitrogen and oxygen atoms in total. The van der Waals surface area contributed by atoms with Gasteiger partial charge in [0.2, 0.25) is 0 Å². The van der Waals surface area contributed by atoms with Crippen molar-refractivity contribution in [2.75, 3.05) is 37.6 Å². The van der Waals surface area contributed by atoms with E-state index in [1.807, 2.05) is 31.5 Å². The van der Waals surface area contributed by atoms with Crippen LogP contribution in [-0.4, -0.2) is 64.5 Å². The Kier molecular flexibility index (Phi) is 7.36. The molecule has 0 radical (unpaired) electrons. The van der Waals surface area contributed by atoms with E-state index < -0.39 is 0 Å². The standard InChI is InChI=1S/C26H36N6O2/c1-18-8-6-9-23(14-18)31-13-12-30(16-21(31)4)11-7-10-27-26(33)25-24(22(5)34-29-25)17-32-20(3)15-19(2)28-32/h6,8-9,14-15,21H,7,10-13,16-17H2,1-5H3,(H,27,33)/t21-/m1/s1. The van der Waals surface area contributed by atoms with E-state index in [4.69, 9.17) is 4.52 Å². The van der Waals surface area contributed by atoms with Gasteiger partial charge in [0.15, 0.2) is 5.69 Å². The summed E-state index contributed by atoms with van der Waals surface area (Å²) in [6.45, 7) is 15.3. The Morgan fingerprint density at radius 3 is 2.71 bits per heavy atom. The Balaban J connectivity index is 1.25. The van der Waals surface area contributed by atoms with Crippen molar-refractivity contribution in [2.45, 2.75) is 53.6 Å². The van der Waals surface area contributed by atoms with Crippen molar-refractivity contribution in [3.8, 4) is 0 Å². The molecular formula is C26H36N6O2. The third-order valence-corrected chi connectivity index (χ3v) is 6.59. The predicted octanol–water partition coefficient (Wildman–Crippen LogP) is 3.48. The topological polar surface area (TPSA) is 79.4 Å². The van der Waals surface area contributed by atoms with Gasteiger partial charge in [0.05, 0.1) is 12.2 Å². The van der Waals surface area contributed by atoms with Crippen molar-refractivity contribution < 1.29 is 9.32 Å². The molecule has 1 amide bonds. The van der Waals surface area contributed by atoms with Crippen LogP contribution in [0.2, 0.25) is 0 Å². The molecule has 1 saturated heterocycles. The number of carbonyl (C=O) groups excluding carboxylic acids is 1. The van der Waals surface area contributed by atoms with Crippen LogP contribution < -0.4 is 10.2 Å². The maximum atomic E-state index is 12.8. The number of hydrogen-bond acceptors (Lipinski definition) is 6. The van der Waals surface area contributed by atoms with Crippen molar-refractivity contribution >= 4 is 11.6 Å². The average Bonchev–Trinajstić information content (AvgIpc) is 3.32. The Labute approximate surface area is 201 Å². The molecule has 0 unspecified atom stereocenters. The minimum absolute atomic E-state index is 0.189. The molecule has 0 saturated carbocycles. The average molecular weight is 465 g/mol. The van der Waals surface area contributed by atoms with Crippen LogP contribution in [-0.2, 0) is 6.54 Å². The Morgan fingerprint density at radius 2 is 2.00 bits per heavy atom. The van der Waals surface area contributed by atoms with E-state index in [9.17, 15) is 4.79 Å². The molecule has 0 aliphatic carbocycles. The SMILES string of the molecule is Cc1cccc(N2CCN(CCCNC(=O)c3noc(C)c3Cn3nc(C)cc3C)C[C@H]2C)c1. The highest BCUT2D eigenvalue weighted by molar-refractivity contribution is 5.93. The summed E-state index contributed by atoms with van der Waals surface area (Å²) >= 11 is 0. The molecule has 1 aliphatic heterocycles. The van der Waals surface area contributed by atoms with Crippen LogP contribution in [0.4, 0.5) is 5.69 Å². The second kappa shape index (κ2) is 10.4. The van der Waals surface area contributed by atoms with E-state index >= 15 is 0 Å². The highest BCUT2D eigenvalue weighted by Crippen LogP contribution is 2.22. The van der Waals surface area contributed by atoms with Crippen molar-refractivity contribution in [1.29, 1.82) is 0 Å². The zero-order valence-corrected chi connectivity index (χ0v) is 21.0. The minimum atomic E-state index is -0.189. The Morgan fingerprint density at radius 1 is 1.18 bits per heavy atom. The van der Waals surface area contributed by atoms with Crippen LogP contribution in [0, 0.1) is 27.7 Å². The monoisotopic (exact) mass is 464 g/mol. The van der Waals surface area contributed by atoms with Crippen molar-refractivity contribution in [3.63, 3.8) is 0 Å². The summed E-state index contributed by atoms with van der Waals surface area (Å²) < 4.78 is 7.22. The zero-order chi connectivity index (χ0) is 24.2. The van der Waals surface area contributed by atoms with Crippen LogP contribution in [0.15, 0.2) is 34.9 Å². The van der Waals surface area contributed by atoms with Gasteiger partial charge in [-0.05, 0) is 71.3 Å². The molecule has 8 heteroatoms. The molecule has 4 rings (SSSR count). The molecule has 0 spiro atoms. The number of carbonyl (C=O) groups is 1. The van der Waals surface area contributed by atoms with Gasteiger partial charge in [-0.25, -0.2) is 0 Å². The lowest BCUT2D eigenvalue weighted by molar-refractivity contribution is 0.0941. The van der Waals surface area contributed by atoms with E-state index in [-0.39, 0.29) is 5.91 Å². The van der Waals surface area contributed by atoms with E-state index in [0.29, 0.717) is 30.6 Å². The van der Waals surface area contributed by atoms with Gasteiger partial charge in [0, 0.05) is 49.2 Å². The summed E-state index contributed by atoms with van der Waals surface area (Å²) in [6, 6.07) is 11.2. The van der Waals surface area contributed by atoms with Gasteiger partial charge in [-0.15, -0.1) is 0 Å². The molecule has 34 heavy (non-hydrogen) atoms. The number of rotatable bonds is 8. The van der Waals surface area contributed by atoms with Gasteiger partial charge in [0.25, 0.3) is 5.91 Å². The Hall–Kier alpha value is -3.13. The molecule has 0 bridgehead atoms. The fraction of sp³-hybridized carbons (Fsp3) is 0.500. The lowest BCUT2D eigenvalue weighted by Crippen LogP contribution is -2.52. The fourth-order valence-electron chi connectivity index (χ4n) is 4.76. The summed E-state index contributed by atoms with van der Waals surface area (Å²) in [5.41, 5.74) is 5.73. The number of nitrogens with one attached hydrogen (secondary N) is 1. The summed E-state index contributed by atoms with van der Waals surface area (Å²) in [5, 5.41) is 11.5. The summed E-state index contributed by atoms with van der Waals surface area (Å²) in [7, 11) is 0. The highest BCUT2D eigenvalue weighted by Gasteiger charge is 2.24. The largest absolute Gasteiger partial charge is 0.366 e. The van der Waals surface area contributed by atoms with E-state index in [0.717, 1.165) is 49.6 Å². The van der Waals surface area contributed by atoms with Crippen molar-refractivity contribution in [1.82, 2.24) is 25.2 Å². The maximum Gasteiger partial charge on any atom is 0.273 e. The second-order valence-electron chi connectivity index (χ2n) is 9.44. The smallest absolute Gasteiger partial charge is 0.273 e. The Bertz CT molecular complexity index is 1130. The van der Waals surface area contributed by atoms with Gasteiger partial charge in [-0.1, -0.05) is 17.3 Å². The molecule has 3 heterocycles. The normalized spacial score (nSPS) is 16.7. The van der Waals surface area contributed by atoms with Crippen LogP contribution in [0.5, 0.6) is 0 Å². The molecule has 1 N–H and O–H groups in total. The number of aromatic nitrogens is 3. The van der Waals surface area contributed by atoms with Gasteiger partial charge in [-0.3, -0.25) is 14.4 Å². The number of piperazine rings is 1.